The van der Waals surface area contributed by atoms with Gasteiger partial charge < -0.3 is 25.0 Å². The van der Waals surface area contributed by atoms with E-state index in [0.29, 0.717) is 34.5 Å². The lowest BCUT2D eigenvalue weighted by Gasteiger charge is -2.21. The van der Waals surface area contributed by atoms with E-state index in [1.54, 1.807) is 50.3 Å². The second-order valence-corrected chi connectivity index (χ2v) is 8.41. The summed E-state index contributed by atoms with van der Waals surface area (Å²) in [6.07, 6.45) is 4.11. The van der Waals surface area contributed by atoms with Gasteiger partial charge in [0.2, 0.25) is 5.95 Å². The fourth-order valence-electron chi connectivity index (χ4n) is 4.07. The number of hydrogen-bond donors (Lipinski definition) is 2. The standard InChI is InChI=1S/C24H31N7O3/c1-16(15-31-9-5-6-10-31)26-23(32)22-14-21(29-30(22)2)20-7-8-25-24(28-20)27-17-11-18(33-3)13-19(12-17)34-4/h7-8,11-14,16H,5-6,9-10,15H2,1-4H3,(H,26,32)(H,25,27,28). The van der Waals surface area contributed by atoms with E-state index in [9.17, 15) is 4.79 Å². The number of nitrogens with one attached hydrogen (secondary N) is 2. The van der Waals surface area contributed by atoms with Gasteiger partial charge in [0.15, 0.2) is 0 Å². The molecule has 3 aromatic rings. The van der Waals surface area contributed by atoms with Gasteiger partial charge in [-0.25, -0.2) is 9.97 Å². The van der Waals surface area contributed by atoms with Crippen molar-refractivity contribution in [1.29, 1.82) is 0 Å². The molecule has 10 nitrogen and oxygen atoms in total. The van der Waals surface area contributed by atoms with E-state index in [1.807, 2.05) is 19.1 Å². The zero-order valence-electron chi connectivity index (χ0n) is 20.0. The fourth-order valence-corrected chi connectivity index (χ4v) is 4.07. The van der Waals surface area contributed by atoms with Crippen LogP contribution in [0.5, 0.6) is 11.5 Å². The van der Waals surface area contributed by atoms with Gasteiger partial charge in [-0.1, -0.05) is 0 Å². The third-order valence-electron chi connectivity index (χ3n) is 5.75. The summed E-state index contributed by atoms with van der Waals surface area (Å²) in [5.74, 6) is 1.54. The summed E-state index contributed by atoms with van der Waals surface area (Å²) in [4.78, 5) is 24.1. The summed E-state index contributed by atoms with van der Waals surface area (Å²) in [7, 11) is 4.95. The minimum atomic E-state index is -0.149. The minimum Gasteiger partial charge on any atom is -0.497 e. The molecule has 0 radical (unpaired) electrons. The maximum Gasteiger partial charge on any atom is 0.269 e. The highest BCUT2D eigenvalue weighted by molar-refractivity contribution is 5.93. The lowest BCUT2D eigenvalue weighted by atomic mass is 10.2. The first-order chi connectivity index (χ1) is 16.4. The quantitative estimate of drug-likeness (QED) is 0.497. The van der Waals surface area contributed by atoms with E-state index in [4.69, 9.17) is 9.47 Å². The predicted molar refractivity (Wildman–Crippen MR) is 130 cm³/mol. The van der Waals surface area contributed by atoms with Crippen LogP contribution in [0, 0.1) is 0 Å². The molecule has 0 saturated carbocycles. The SMILES string of the molecule is COc1cc(Nc2nccc(-c3cc(C(=O)NC(C)CN4CCCC4)n(C)n3)n2)cc(OC)c1. The summed E-state index contributed by atoms with van der Waals surface area (Å²) in [5.41, 5.74) is 2.40. The molecule has 10 heteroatoms. The monoisotopic (exact) mass is 465 g/mol. The number of aromatic nitrogens is 4. The van der Waals surface area contributed by atoms with Crippen molar-refractivity contribution in [2.24, 2.45) is 7.05 Å². The molecule has 3 heterocycles. The first-order valence-electron chi connectivity index (χ1n) is 11.4. The van der Waals surface area contributed by atoms with E-state index >= 15 is 0 Å². The number of aryl methyl sites for hydroxylation is 1. The van der Waals surface area contributed by atoms with Crippen LogP contribution in [0.4, 0.5) is 11.6 Å². The van der Waals surface area contributed by atoms with Crippen molar-refractivity contribution in [3.05, 3.63) is 42.2 Å². The lowest BCUT2D eigenvalue weighted by Crippen LogP contribution is -2.41. The average Bonchev–Trinajstić information content (AvgIpc) is 3.48. The van der Waals surface area contributed by atoms with Crippen LogP contribution in [0.1, 0.15) is 30.3 Å². The number of likely N-dealkylation sites (tertiary alicyclic amines) is 1. The second-order valence-electron chi connectivity index (χ2n) is 8.41. The van der Waals surface area contributed by atoms with Gasteiger partial charge in [-0.3, -0.25) is 9.48 Å². The molecule has 1 fully saturated rings. The molecule has 1 atom stereocenters. The Labute approximate surface area is 199 Å². The van der Waals surface area contributed by atoms with Crippen LogP contribution in [0.25, 0.3) is 11.4 Å². The summed E-state index contributed by atoms with van der Waals surface area (Å²) >= 11 is 0. The first-order valence-corrected chi connectivity index (χ1v) is 11.4. The highest BCUT2D eigenvalue weighted by atomic mass is 16.5. The molecule has 1 unspecified atom stereocenters. The van der Waals surface area contributed by atoms with Crippen LogP contribution < -0.4 is 20.1 Å². The number of carbonyl (C=O) groups excluding carboxylic acids is 1. The number of hydrogen-bond acceptors (Lipinski definition) is 8. The van der Waals surface area contributed by atoms with Crippen molar-refractivity contribution in [3.8, 4) is 22.9 Å². The largest absolute Gasteiger partial charge is 0.497 e. The Morgan fingerprint density at radius 3 is 2.47 bits per heavy atom. The summed E-state index contributed by atoms with van der Waals surface area (Å²) < 4.78 is 12.2. The van der Waals surface area contributed by atoms with Crippen molar-refractivity contribution in [2.75, 3.05) is 39.2 Å². The van der Waals surface area contributed by atoms with Crippen LogP contribution in [0.15, 0.2) is 36.5 Å². The average molecular weight is 466 g/mol. The maximum absolute atomic E-state index is 12.9. The number of methoxy groups -OCH3 is 2. The smallest absolute Gasteiger partial charge is 0.269 e. The van der Waals surface area contributed by atoms with Crippen molar-refractivity contribution in [3.63, 3.8) is 0 Å². The topological polar surface area (TPSA) is 106 Å². The first kappa shape index (κ1) is 23.5. The third kappa shape index (κ3) is 5.63. The number of nitrogens with zero attached hydrogens (tertiary/aromatic N) is 5. The zero-order valence-corrected chi connectivity index (χ0v) is 20.0. The summed E-state index contributed by atoms with van der Waals surface area (Å²) in [5, 5.41) is 10.8. The van der Waals surface area contributed by atoms with Crippen LogP contribution in [-0.2, 0) is 7.05 Å². The third-order valence-corrected chi connectivity index (χ3v) is 5.75. The molecule has 0 bridgehead atoms. The van der Waals surface area contributed by atoms with Gasteiger partial charge in [-0.05, 0) is 45.0 Å². The van der Waals surface area contributed by atoms with Gasteiger partial charge >= 0.3 is 0 Å². The molecule has 0 spiro atoms. The Kier molecular flexibility index (Phi) is 7.27. The molecule has 1 amide bonds. The molecule has 4 rings (SSSR count). The Morgan fingerprint density at radius 2 is 1.79 bits per heavy atom. The van der Waals surface area contributed by atoms with Gasteiger partial charge in [0, 0.05) is 49.7 Å². The Bertz CT molecular complexity index is 1120. The van der Waals surface area contributed by atoms with Crippen molar-refractivity contribution < 1.29 is 14.3 Å². The molecule has 34 heavy (non-hydrogen) atoms. The molecule has 2 aromatic heterocycles. The maximum atomic E-state index is 12.9. The van der Waals surface area contributed by atoms with Crippen molar-refractivity contribution >= 4 is 17.5 Å². The number of carbonyl (C=O) groups is 1. The number of benzene rings is 1. The van der Waals surface area contributed by atoms with Gasteiger partial charge in [-0.15, -0.1) is 0 Å². The second kappa shape index (κ2) is 10.5. The van der Waals surface area contributed by atoms with Crippen molar-refractivity contribution in [1.82, 2.24) is 30.0 Å². The summed E-state index contributed by atoms with van der Waals surface area (Å²) in [6.45, 7) is 5.08. The number of rotatable bonds is 9. The summed E-state index contributed by atoms with van der Waals surface area (Å²) in [6, 6.07) is 9.00. The van der Waals surface area contributed by atoms with Crippen LogP contribution in [-0.4, -0.2) is 70.5 Å². The van der Waals surface area contributed by atoms with E-state index in [0.717, 1.165) is 25.3 Å². The molecular weight excluding hydrogens is 434 g/mol. The van der Waals surface area contributed by atoms with E-state index in [1.165, 1.54) is 12.8 Å². The van der Waals surface area contributed by atoms with E-state index in [-0.39, 0.29) is 11.9 Å². The number of ether oxygens (including phenoxy) is 2. The highest BCUT2D eigenvalue weighted by Gasteiger charge is 2.20. The predicted octanol–water partition coefficient (Wildman–Crippen LogP) is 2.85. The fraction of sp³-hybridized carbons (Fsp3) is 0.417. The van der Waals surface area contributed by atoms with Gasteiger partial charge in [0.1, 0.15) is 22.9 Å². The molecule has 180 valence electrons. The Balaban J connectivity index is 1.47. The molecule has 1 aliphatic rings. The molecule has 2 N–H and O–H groups in total. The molecule has 1 aromatic carbocycles. The Morgan fingerprint density at radius 1 is 1.09 bits per heavy atom. The normalized spacial score (nSPS) is 14.6. The van der Waals surface area contributed by atoms with Gasteiger partial charge in [0.05, 0.1) is 19.9 Å². The number of anilines is 2. The van der Waals surface area contributed by atoms with Gasteiger partial charge in [0.25, 0.3) is 5.91 Å². The molecule has 0 aliphatic carbocycles. The lowest BCUT2D eigenvalue weighted by molar-refractivity contribution is 0.0922. The van der Waals surface area contributed by atoms with E-state index in [2.05, 4.69) is 30.6 Å². The zero-order chi connectivity index (χ0) is 24.1. The van der Waals surface area contributed by atoms with Crippen LogP contribution in [0.3, 0.4) is 0 Å². The van der Waals surface area contributed by atoms with Crippen LogP contribution in [0.2, 0.25) is 0 Å². The van der Waals surface area contributed by atoms with E-state index < -0.39 is 0 Å². The van der Waals surface area contributed by atoms with Crippen LogP contribution >= 0.6 is 0 Å². The molecule has 1 saturated heterocycles. The highest BCUT2D eigenvalue weighted by Crippen LogP contribution is 2.27. The number of amides is 1. The minimum absolute atomic E-state index is 0.0543. The molecular formula is C24H31N7O3. The Hall–Kier alpha value is -3.66. The molecule has 1 aliphatic heterocycles. The van der Waals surface area contributed by atoms with Gasteiger partial charge in [-0.2, -0.15) is 5.10 Å². The van der Waals surface area contributed by atoms with Crippen molar-refractivity contribution in [2.45, 2.75) is 25.8 Å².